The zero-order chi connectivity index (χ0) is 25.9. The summed E-state index contributed by atoms with van der Waals surface area (Å²) in [5.74, 6) is -1.22. The number of ether oxygens (including phenoxy) is 1. The fourth-order valence-electron chi connectivity index (χ4n) is 3.89. The van der Waals surface area contributed by atoms with Gasteiger partial charge in [0, 0.05) is 40.8 Å². The molecule has 2 aliphatic heterocycles. The summed E-state index contributed by atoms with van der Waals surface area (Å²) in [6.45, 7) is 9.59. The minimum atomic E-state index is -1.17. The molecule has 188 valence electrons. The van der Waals surface area contributed by atoms with Gasteiger partial charge >= 0.3 is 12.1 Å². The van der Waals surface area contributed by atoms with Gasteiger partial charge in [-0.1, -0.05) is 31.5 Å². The number of carbonyl (C=O) groups is 2. The van der Waals surface area contributed by atoms with Crippen molar-refractivity contribution in [1.29, 1.82) is 0 Å². The highest BCUT2D eigenvalue weighted by molar-refractivity contribution is 7.11. The van der Waals surface area contributed by atoms with Gasteiger partial charge in [0.25, 0.3) is 0 Å². The number of aliphatic imine (C=N–C) groups is 1. The Kier molecular flexibility index (Phi) is 8.17. The van der Waals surface area contributed by atoms with Crippen LogP contribution in [0.5, 0.6) is 0 Å². The van der Waals surface area contributed by atoms with Gasteiger partial charge in [-0.15, -0.1) is 11.3 Å². The number of carbonyl (C=O) groups excluding carboxylic acids is 1. The summed E-state index contributed by atoms with van der Waals surface area (Å²) in [6.07, 6.45) is 1.29. The van der Waals surface area contributed by atoms with E-state index >= 15 is 0 Å². The largest absolute Gasteiger partial charge is 0.478 e. The number of carboxylic acids is 1. The predicted molar refractivity (Wildman–Crippen MR) is 133 cm³/mol. The first-order valence-corrected chi connectivity index (χ1v) is 12.5. The van der Waals surface area contributed by atoms with Crippen molar-refractivity contribution in [3.05, 3.63) is 62.5 Å². The molecule has 1 amide bonds. The van der Waals surface area contributed by atoms with Crippen LogP contribution in [0.1, 0.15) is 57.7 Å². The van der Waals surface area contributed by atoms with E-state index in [4.69, 9.17) is 21.3 Å². The van der Waals surface area contributed by atoms with Crippen LogP contribution in [-0.4, -0.2) is 51.1 Å². The molecule has 2 aromatic rings. The van der Waals surface area contributed by atoms with Gasteiger partial charge in [-0.3, -0.25) is 4.99 Å². The van der Waals surface area contributed by atoms with Crippen LogP contribution in [-0.2, 0) is 9.53 Å². The van der Waals surface area contributed by atoms with Crippen LogP contribution in [0.3, 0.4) is 0 Å². The maximum Gasteiger partial charge on any atom is 0.407 e. The fraction of sp³-hybridized carbons (Fsp3) is 0.417. The van der Waals surface area contributed by atoms with Crippen molar-refractivity contribution < 1.29 is 23.8 Å². The van der Waals surface area contributed by atoms with E-state index in [1.165, 1.54) is 23.5 Å². The van der Waals surface area contributed by atoms with Crippen LogP contribution >= 0.6 is 22.9 Å². The number of hydrogen-bond acceptors (Lipinski definition) is 7. The van der Waals surface area contributed by atoms with Gasteiger partial charge in [0.1, 0.15) is 17.5 Å². The molecule has 0 saturated carbocycles. The highest BCUT2D eigenvalue weighted by atomic mass is 35.5. The van der Waals surface area contributed by atoms with Crippen molar-refractivity contribution in [3.63, 3.8) is 0 Å². The van der Waals surface area contributed by atoms with Crippen LogP contribution in [0.15, 0.2) is 46.0 Å². The molecule has 1 aromatic carbocycles. The van der Waals surface area contributed by atoms with E-state index in [1.54, 1.807) is 37.2 Å². The zero-order valence-corrected chi connectivity index (χ0v) is 21.7. The number of amidine groups is 1. The van der Waals surface area contributed by atoms with Crippen molar-refractivity contribution in [2.24, 2.45) is 4.99 Å². The average molecular weight is 523 g/mol. The number of aromatic nitrogens is 1. The highest BCUT2D eigenvalue weighted by Gasteiger charge is 2.42. The molecule has 35 heavy (non-hydrogen) atoms. The second kappa shape index (κ2) is 10.7. The van der Waals surface area contributed by atoms with Crippen molar-refractivity contribution in [1.82, 2.24) is 15.2 Å². The first kappa shape index (κ1) is 26.6. The normalized spacial score (nSPS) is 19.4. The molecule has 0 bridgehead atoms. The quantitative estimate of drug-likeness (QED) is 0.557. The molecule has 2 aliphatic rings. The summed E-state index contributed by atoms with van der Waals surface area (Å²) >= 11 is 7.64. The van der Waals surface area contributed by atoms with Gasteiger partial charge < -0.3 is 20.1 Å². The van der Waals surface area contributed by atoms with Crippen molar-refractivity contribution in [3.8, 4) is 0 Å². The molecule has 2 N–H and O–H groups in total. The highest BCUT2D eigenvalue weighted by Crippen LogP contribution is 2.42. The third-order valence-corrected chi connectivity index (χ3v) is 6.19. The average Bonchev–Trinajstić information content (AvgIpc) is 3.42. The van der Waals surface area contributed by atoms with Gasteiger partial charge in [-0.2, -0.15) is 0 Å². The minimum absolute atomic E-state index is 0.0253. The third-order valence-electron chi connectivity index (χ3n) is 5.09. The Morgan fingerprint density at radius 2 is 2.03 bits per heavy atom. The van der Waals surface area contributed by atoms with Gasteiger partial charge in [-0.25, -0.2) is 19.0 Å². The van der Waals surface area contributed by atoms with Gasteiger partial charge in [0.2, 0.25) is 0 Å². The van der Waals surface area contributed by atoms with Crippen molar-refractivity contribution in [2.75, 3.05) is 6.54 Å². The summed E-state index contributed by atoms with van der Waals surface area (Å²) < 4.78 is 19.0. The van der Waals surface area contributed by atoms with Crippen LogP contribution < -0.4 is 5.32 Å². The molecule has 0 aliphatic carbocycles. The number of halogens is 2. The number of alkyl carbamates (subject to hydrolysis) is 1. The molecule has 3 heterocycles. The molecular weight excluding hydrogens is 495 g/mol. The molecule has 4 rings (SSSR count). The number of carboxylic acid groups (broad SMARTS) is 1. The number of rotatable bonds is 4. The predicted octanol–water partition coefficient (Wildman–Crippen LogP) is 5.40. The minimum Gasteiger partial charge on any atom is -0.478 e. The summed E-state index contributed by atoms with van der Waals surface area (Å²) in [5.41, 5.74) is 0.228. The zero-order valence-electron chi connectivity index (χ0n) is 20.1. The van der Waals surface area contributed by atoms with E-state index in [0.717, 1.165) is 6.07 Å². The van der Waals surface area contributed by atoms with E-state index in [2.05, 4.69) is 10.3 Å². The lowest BCUT2D eigenvalue weighted by atomic mass is 9.94. The van der Waals surface area contributed by atoms with Crippen LogP contribution in [0, 0.1) is 5.82 Å². The first-order chi connectivity index (χ1) is 16.5. The fourth-order valence-corrected chi connectivity index (χ4v) is 4.80. The molecule has 2 atom stereocenters. The maximum atomic E-state index is 13.7. The Balaban J connectivity index is 0.00000167. The number of thiazole rings is 1. The van der Waals surface area contributed by atoms with Crippen LogP contribution in [0.25, 0.3) is 0 Å². The lowest BCUT2D eigenvalue weighted by molar-refractivity contribution is -0.133. The standard InChI is InChI=1S/C22H22ClFN4O4S.C2H6/c1-22(2,3)32-21(31)26-12-9-15-16(20(29)30)17(13-5-4-11(24)8-14(13)23)27-18(28(15)10-12)19-25-6-7-33-19;1-2/h4-8,12,17H,9-10H2,1-3H3,(H,26,31)(H,29,30);1-2H3. The molecular formula is C24H28ClFN4O4S. The topological polar surface area (TPSA) is 104 Å². The maximum absolute atomic E-state index is 13.7. The number of nitrogens with zero attached hydrogens (tertiary/aromatic N) is 3. The molecule has 8 nitrogen and oxygen atoms in total. The van der Waals surface area contributed by atoms with E-state index in [-0.39, 0.29) is 17.0 Å². The number of hydrogen-bond donors (Lipinski definition) is 2. The summed E-state index contributed by atoms with van der Waals surface area (Å²) in [4.78, 5) is 35.5. The first-order valence-electron chi connectivity index (χ1n) is 11.2. The second-order valence-electron chi connectivity index (χ2n) is 8.68. The molecule has 0 spiro atoms. The second-order valence-corrected chi connectivity index (χ2v) is 9.98. The van der Waals surface area contributed by atoms with Gasteiger partial charge in [0.05, 0.1) is 11.6 Å². The number of amides is 1. The summed E-state index contributed by atoms with van der Waals surface area (Å²) in [7, 11) is 0. The SMILES string of the molecule is CC.CC(C)(C)OC(=O)NC1CC2=C(C(=O)O)C(c3ccc(F)cc3Cl)N=C(c3nccs3)N2C1. The molecule has 11 heteroatoms. The summed E-state index contributed by atoms with van der Waals surface area (Å²) in [6, 6.07) is 2.43. The number of aliphatic carboxylic acids is 1. The Morgan fingerprint density at radius 3 is 2.60 bits per heavy atom. The van der Waals surface area contributed by atoms with E-state index in [0.29, 0.717) is 28.6 Å². The Hall–Kier alpha value is -2.98. The van der Waals surface area contributed by atoms with Gasteiger partial charge in [-0.05, 0) is 32.9 Å². The Morgan fingerprint density at radius 1 is 1.31 bits per heavy atom. The lowest BCUT2D eigenvalue weighted by Gasteiger charge is -2.31. The molecule has 1 fully saturated rings. The number of nitrogens with one attached hydrogen (secondary N) is 1. The van der Waals surface area contributed by atoms with Crippen LogP contribution in [0.2, 0.25) is 5.02 Å². The lowest BCUT2D eigenvalue weighted by Crippen LogP contribution is -2.41. The number of benzene rings is 1. The Labute approximate surface area is 212 Å². The Bertz CT molecular complexity index is 1160. The molecule has 1 aromatic heterocycles. The van der Waals surface area contributed by atoms with Crippen LogP contribution in [0.4, 0.5) is 9.18 Å². The van der Waals surface area contributed by atoms with Crippen molar-refractivity contribution in [2.45, 2.75) is 58.7 Å². The smallest absolute Gasteiger partial charge is 0.407 e. The number of fused-ring (bicyclic) bond motifs is 1. The van der Waals surface area contributed by atoms with E-state index < -0.39 is 35.6 Å². The molecule has 0 radical (unpaired) electrons. The van der Waals surface area contributed by atoms with Crippen molar-refractivity contribution >= 4 is 40.8 Å². The van der Waals surface area contributed by atoms with Gasteiger partial charge in [0.15, 0.2) is 10.8 Å². The molecule has 1 saturated heterocycles. The monoisotopic (exact) mass is 522 g/mol. The van der Waals surface area contributed by atoms with E-state index in [1.807, 2.05) is 13.8 Å². The molecule has 2 unspecified atom stereocenters. The summed E-state index contributed by atoms with van der Waals surface area (Å²) in [5, 5.41) is 15.4. The van der Waals surface area contributed by atoms with E-state index in [9.17, 15) is 19.1 Å². The third kappa shape index (κ3) is 5.99.